The Labute approximate surface area is 219 Å². The molecule has 0 radical (unpaired) electrons. The number of carbonyl (C=O) groups is 1. The Morgan fingerprint density at radius 2 is 1.41 bits per heavy atom. The monoisotopic (exact) mass is 544 g/mol. The van der Waals surface area contributed by atoms with E-state index in [0.717, 1.165) is 25.3 Å². The number of carbonyl (C=O) groups excluding carboxylic acids is 1. The third-order valence-corrected chi connectivity index (χ3v) is 9.00. The van der Waals surface area contributed by atoms with Gasteiger partial charge in [-0.05, 0) is 80.3 Å². The molecule has 11 heteroatoms. The number of sulfonamides is 1. The van der Waals surface area contributed by atoms with Gasteiger partial charge in [0.2, 0.25) is 5.91 Å². The molecule has 0 bridgehead atoms. The summed E-state index contributed by atoms with van der Waals surface area (Å²) in [6, 6.07) is 16.5. The van der Waals surface area contributed by atoms with Crippen molar-refractivity contribution in [2.24, 2.45) is 0 Å². The smallest absolute Gasteiger partial charge is 0.304 e. The van der Waals surface area contributed by atoms with E-state index in [9.17, 15) is 21.6 Å². The number of rotatable bonds is 9. The highest BCUT2D eigenvalue weighted by Crippen LogP contribution is 2.26. The second-order valence-corrected chi connectivity index (χ2v) is 12.8. The molecular weight excluding hydrogens is 512 g/mol. The number of hydrogen-bond acceptors (Lipinski definition) is 5. The van der Waals surface area contributed by atoms with Gasteiger partial charge in [0, 0.05) is 19.8 Å². The first kappa shape index (κ1) is 28.2. The van der Waals surface area contributed by atoms with Crippen molar-refractivity contribution < 1.29 is 21.6 Å². The number of hydrogen-bond donors (Lipinski definition) is 2. The van der Waals surface area contributed by atoms with Crippen molar-refractivity contribution in [1.29, 1.82) is 0 Å². The number of anilines is 3. The van der Waals surface area contributed by atoms with Gasteiger partial charge in [0.05, 0.1) is 16.3 Å². The molecule has 37 heavy (non-hydrogen) atoms. The van der Waals surface area contributed by atoms with Crippen LogP contribution in [0.15, 0.2) is 65.6 Å². The Morgan fingerprint density at radius 3 is 1.97 bits per heavy atom. The van der Waals surface area contributed by atoms with E-state index < -0.39 is 32.7 Å². The second kappa shape index (κ2) is 10.9. The van der Waals surface area contributed by atoms with Crippen molar-refractivity contribution in [1.82, 2.24) is 4.31 Å². The van der Waals surface area contributed by atoms with Crippen LogP contribution in [0.5, 0.6) is 0 Å². The SMILES string of the molecule is Cc1ccc(C)c(N(CC(=O)Nc2ccc(S(=O)(=O)Nc3c(C)cccc3C)cc2)S(=O)(=O)N(C)C)c1. The molecule has 0 fully saturated rings. The Morgan fingerprint density at radius 1 is 0.811 bits per heavy atom. The number of para-hydroxylation sites is 1. The Kier molecular flexibility index (Phi) is 8.31. The quantitative estimate of drug-likeness (QED) is 0.423. The first-order chi connectivity index (χ1) is 17.2. The van der Waals surface area contributed by atoms with Gasteiger partial charge in [-0.25, -0.2) is 12.7 Å². The lowest BCUT2D eigenvalue weighted by Crippen LogP contribution is -2.44. The van der Waals surface area contributed by atoms with Crippen LogP contribution < -0.4 is 14.3 Å². The fraction of sp³-hybridized carbons (Fsp3) is 0.269. The third-order valence-electron chi connectivity index (χ3n) is 5.83. The molecule has 0 saturated heterocycles. The molecule has 0 heterocycles. The van der Waals surface area contributed by atoms with E-state index in [-0.39, 0.29) is 4.90 Å². The lowest BCUT2D eigenvalue weighted by Gasteiger charge is -2.28. The van der Waals surface area contributed by atoms with E-state index in [1.54, 1.807) is 19.1 Å². The largest absolute Gasteiger partial charge is 0.325 e. The molecule has 198 valence electrons. The van der Waals surface area contributed by atoms with Gasteiger partial charge in [-0.15, -0.1) is 0 Å². The molecule has 0 aliphatic heterocycles. The summed E-state index contributed by atoms with van der Waals surface area (Å²) < 4.78 is 56.6. The highest BCUT2D eigenvalue weighted by atomic mass is 32.2. The summed E-state index contributed by atoms with van der Waals surface area (Å²) in [5.74, 6) is -0.574. The van der Waals surface area contributed by atoms with Gasteiger partial charge in [0.1, 0.15) is 6.54 Å². The second-order valence-electron chi connectivity index (χ2n) is 9.03. The van der Waals surface area contributed by atoms with Gasteiger partial charge < -0.3 is 5.32 Å². The van der Waals surface area contributed by atoms with Crippen molar-refractivity contribution in [3.63, 3.8) is 0 Å². The molecule has 0 aliphatic rings. The summed E-state index contributed by atoms with van der Waals surface area (Å²) >= 11 is 0. The van der Waals surface area contributed by atoms with E-state index in [1.807, 2.05) is 45.0 Å². The van der Waals surface area contributed by atoms with Crippen molar-refractivity contribution in [2.45, 2.75) is 32.6 Å². The predicted molar refractivity (Wildman–Crippen MR) is 148 cm³/mol. The molecule has 3 aromatic carbocycles. The summed E-state index contributed by atoms with van der Waals surface area (Å²) in [7, 11) is -5.02. The van der Waals surface area contributed by atoms with Gasteiger partial charge in [0.25, 0.3) is 10.0 Å². The van der Waals surface area contributed by atoms with E-state index in [0.29, 0.717) is 22.6 Å². The van der Waals surface area contributed by atoms with Crippen LogP contribution in [0.3, 0.4) is 0 Å². The molecule has 3 rings (SSSR count). The number of amides is 1. The minimum atomic E-state index is -3.96. The number of nitrogens with one attached hydrogen (secondary N) is 2. The lowest BCUT2D eigenvalue weighted by molar-refractivity contribution is -0.114. The van der Waals surface area contributed by atoms with Gasteiger partial charge in [-0.1, -0.05) is 30.3 Å². The van der Waals surface area contributed by atoms with Gasteiger partial charge >= 0.3 is 10.2 Å². The van der Waals surface area contributed by atoms with E-state index in [4.69, 9.17) is 0 Å². The zero-order chi connectivity index (χ0) is 27.5. The van der Waals surface area contributed by atoms with E-state index in [2.05, 4.69) is 10.0 Å². The maximum Gasteiger partial charge on any atom is 0.304 e. The number of aryl methyl sites for hydroxylation is 4. The normalized spacial score (nSPS) is 11.9. The summed E-state index contributed by atoms with van der Waals surface area (Å²) in [6.45, 7) is 6.80. The van der Waals surface area contributed by atoms with Crippen molar-refractivity contribution >= 4 is 43.2 Å². The summed E-state index contributed by atoms with van der Waals surface area (Å²) in [5, 5.41) is 2.66. The molecule has 0 aliphatic carbocycles. The molecule has 0 saturated carbocycles. The standard InChI is InChI=1S/C26H32N4O5S2/c1-18-10-11-19(2)24(16-18)30(37(34,35)29(5)6)17-25(31)27-22-12-14-23(15-13-22)36(32,33)28-26-20(3)8-7-9-21(26)4/h7-16,28H,17H2,1-6H3,(H,27,31). The average molecular weight is 545 g/mol. The predicted octanol–water partition coefficient (Wildman–Crippen LogP) is 3.97. The Bertz CT molecular complexity index is 1500. The Hall–Kier alpha value is -3.41. The van der Waals surface area contributed by atoms with Crippen LogP contribution in [0.25, 0.3) is 0 Å². The fourth-order valence-corrected chi connectivity index (χ4v) is 6.02. The number of nitrogens with zero attached hydrogens (tertiary/aromatic N) is 2. The topological polar surface area (TPSA) is 116 Å². The van der Waals surface area contributed by atoms with Crippen molar-refractivity contribution in [2.75, 3.05) is 35.0 Å². The van der Waals surface area contributed by atoms with Crippen LogP contribution in [0, 0.1) is 27.7 Å². The first-order valence-electron chi connectivity index (χ1n) is 11.5. The molecule has 0 spiro atoms. The zero-order valence-corrected chi connectivity index (χ0v) is 23.4. The van der Waals surface area contributed by atoms with Crippen molar-refractivity contribution in [3.8, 4) is 0 Å². The maximum atomic E-state index is 13.0. The molecule has 2 N–H and O–H groups in total. The van der Waals surface area contributed by atoms with Crippen LogP contribution in [-0.4, -0.2) is 47.7 Å². The van der Waals surface area contributed by atoms with Crippen molar-refractivity contribution in [3.05, 3.63) is 82.9 Å². The van der Waals surface area contributed by atoms with Gasteiger partial charge in [0.15, 0.2) is 0 Å². The van der Waals surface area contributed by atoms with Crippen LogP contribution in [-0.2, 0) is 25.0 Å². The average Bonchev–Trinajstić information content (AvgIpc) is 2.82. The molecule has 0 unspecified atom stereocenters. The molecule has 0 atom stereocenters. The van der Waals surface area contributed by atoms with E-state index >= 15 is 0 Å². The summed E-state index contributed by atoms with van der Waals surface area (Å²) in [6.07, 6.45) is 0. The fourth-order valence-electron chi connectivity index (χ4n) is 3.69. The van der Waals surface area contributed by atoms with Crippen LogP contribution in [0.4, 0.5) is 17.1 Å². The molecular formula is C26H32N4O5S2. The molecule has 9 nitrogen and oxygen atoms in total. The van der Waals surface area contributed by atoms with E-state index in [1.165, 1.54) is 38.4 Å². The van der Waals surface area contributed by atoms with Gasteiger partial charge in [-0.2, -0.15) is 12.7 Å². The van der Waals surface area contributed by atoms with Gasteiger partial charge in [-0.3, -0.25) is 9.52 Å². The first-order valence-corrected chi connectivity index (χ1v) is 14.4. The Balaban J connectivity index is 1.80. The minimum Gasteiger partial charge on any atom is -0.325 e. The van der Waals surface area contributed by atoms with Crippen LogP contribution in [0.1, 0.15) is 22.3 Å². The maximum absolute atomic E-state index is 13.0. The summed E-state index contributed by atoms with van der Waals surface area (Å²) in [5.41, 5.74) is 4.42. The van der Waals surface area contributed by atoms with Crippen LogP contribution in [0.2, 0.25) is 0 Å². The summed E-state index contributed by atoms with van der Waals surface area (Å²) in [4.78, 5) is 12.9. The van der Waals surface area contributed by atoms with Crippen LogP contribution >= 0.6 is 0 Å². The molecule has 1 amide bonds. The molecule has 3 aromatic rings. The number of benzene rings is 3. The lowest BCUT2D eigenvalue weighted by atomic mass is 10.1. The zero-order valence-electron chi connectivity index (χ0n) is 21.7. The molecule has 0 aromatic heterocycles. The highest BCUT2D eigenvalue weighted by Gasteiger charge is 2.28. The minimum absolute atomic E-state index is 0.0281. The third kappa shape index (κ3) is 6.48. The highest BCUT2D eigenvalue weighted by molar-refractivity contribution is 7.92.